The highest BCUT2D eigenvalue weighted by Gasteiger charge is 2.31. The molecule has 0 radical (unpaired) electrons. The number of nitrogens with zero attached hydrogens (tertiary/aromatic N) is 1. The summed E-state index contributed by atoms with van der Waals surface area (Å²) in [5.74, 6) is 0.0566. The van der Waals surface area contributed by atoms with Crippen LogP contribution in [0.3, 0.4) is 0 Å². The highest BCUT2D eigenvalue weighted by Crippen LogP contribution is 2.40. The first kappa shape index (κ1) is 15.8. The predicted octanol–water partition coefficient (Wildman–Crippen LogP) is 2.74. The van der Waals surface area contributed by atoms with Gasteiger partial charge in [0.25, 0.3) is 5.91 Å². The molecule has 1 N–H and O–H groups in total. The van der Waals surface area contributed by atoms with Gasteiger partial charge in [0.2, 0.25) is 0 Å². The van der Waals surface area contributed by atoms with Crippen molar-refractivity contribution in [2.75, 3.05) is 19.8 Å². The third-order valence-electron chi connectivity index (χ3n) is 4.92. The van der Waals surface area contributed by atoms with E-state index in [-0.39, 0.29) is 24.7 Å². The zero-order valence-corrected chi connectivity index (χ0v) is 14.5. The van der Waals surface area contributed by atoms with E-state index >= 15 is 0 Å². The van der Waals surface area contributed by atoms with Crippen molar-refractivity contribution in [1.29, 1.82) is 0 Å². The van der Waals surface area contributed by atoms with Gasteiger partial charge >= 0.3 is 0 Å². The van der Waals surface area contributed by atoms with Crippen molar-refractivity contribution in [3.8, 4) is 10.4 Å². The second-order valence-corrected chi connectivity index (χ2v) is 7.62. The zero-order chi connectivity index (χ0) is 16.7. The Labute approximate surface area is 145 Å². The minimum Gasteiger partial charge on any atom is -0.394 e. The molecule has 1 aliphatic carbocycles. The number of aryl methyl sites for hydroxylation is 2. The molecule has 4 nitrogen and oxygen atoms in total. The lowest BCUT2D eigenvalue weighted by atomic mass is 9.91. The fraction of sp³-hybridized carbons (Fsp3) is 0.421. The number of thiophene rings is 1. The Kier molecular flexibility index (Phi) is 4.16. The van der Waals surface area contributed by atoms with Crippen LogP contribution in [-0.2, 0) is 17.6 Å². The number of benzene rings is 1. The molecular formula is C19H21NO3S. The van der Waals surface area contributed by atoms with Crippen molar-refractivity contribution in [2.24, 2.45) is 0 Å². The quantitative estimate of drug-likeness (QED) is 0.912. The normalized spacial score (nSPS) is 22.8. The minimum absolute atomic E-state index is 0.0340. The Hall–Kier alpha value is -1.69. The Bertz CT molecular complexity index is 770. The number of carbonyl (C=O) groups excluding carboxylic acids is 1. The summed E-state index contributed by atoms with van der Waals surface area (Å²) in [6.07, 6.45) is 1.75. The maximum absolute atomic E-state index is 13.0. The maximum Gasteiger partial charge on any atom is 0.264 e. The largest absolute Gasteiger partial charge is 0.394 e. The number of amides is 1. The van der Waals surface area contributed by atoms with Crippen molar-refractivity contribution in [2.45, 2.75) is 31.9 Å². The molecule has 2 aliphatic rings. The summed E-state index contributed by atoms with van der Waals surface area (Å²) in [7, 11) is 0. The van der Waals surface area contributed by atoms with E-state index < -0.39 is 0 Å². The van der Waals surface area contributed by atoms with E-state index in [0.717, 1.165) is 17.7 Å². The first-order chi connectivity index (χ1) is 11.7. The van der Waals surface area contributed by atoms with E-state index in [1.807, 2.05) is 11.8 Å². The van der Waals surface area contributed by atoms with Crippen LogP contribution in [0.25, 0.3) is 10.4 Å². The van der Waals surface area contributed by atoms with Gasteiger partial charge < -0.3 is 14.7 Å². The van der Waals surface area contributed by atoms with Crippen molar-refractivity contribution in [3.63, 3.8) is 0 Å². The average molecular weight is 343 g/mol. The molecule has 2 atom stereocenters. The van der Waals surface area contributed by atoms with Gasteiger partial charge in [-0.05, 0) is 42.5 Å². The third kappa shape index (κ3) is 2.66. The van der Waals surface area contributed by atoms with E-state index in [1.165, 1.54) is 21.6 Å². The van der Waals surface area contributed by atoms with Gasteiger partial charge in [-0.3, -0.25) is 4.79 Å². The van der Waals surface area contributed by atoms with E-state index in [2.05, 4.69) is 30.3 Å². The summed E-state index contributed by atoms with van der Waals surface area (Å²) in [6, 6.07) is 10.6. The smallest absolute Gasteiger partial charge is 0.264 e. The zero-order valence-electron chi connectivity index (χ0n) is 13.7. The van der Waals surface area contributed by atoms with Crippen LogP contribution in [0.4, 0.5) is 0 Å². The number of carbonyl (C=O) groups is 1. The number of hydrogen-bond acceptors (Lipinski definition) is 4. The first-order valence-corrected chi connectivity index (χ1v) is 9.23. The highest BCUT2D eigenvalue weighted by atomic mass is 32.1. The van der Waals surface area contributed by atoms with Gasteiger partial charge in [-0.1, -0.05) is 24.3 Å². The Balaban J connectivity index is 1.64. The average Bonchev–Trinajstić information content (AvgIpc) is 3.06. The van der Waals surface area contributed by atoms with Crippen LogP contribution < -0.4 is 0 Å². The van der Waals surface area contributed by atoms with Gasteiger partial charge in [0.15, 0.2) is 0 Å². The highest BCUT2D eigenvalue weighted by molar-refractivity contribution is 7.17. The lowest BCUT2D eigenvalue weighted by Crippen LogP contribution is -2.51. The van der Waals surface area contributed by atoms with Crippen molar-refractivity contribution in [3.05, 3.63) is 46.3 Å². The molecular weight excluding hydrogens is 322 g/mol. The molecule has 4 rings (SSSR count). The van der Waals surface area contributed by atoms with Crippen molar-refractivity contribution >= 4 is 17.2 Å². The molecule has 0 spiro atoms. The van der Waals surface area contributed by atoms with Gasteiger partial charge in [-0.2, -0.15) is 0 Å². The molecule has 1 aromatic carbocycles. The molecule has 1 aliphatic heterocycles. The van der Waals surface area contributed by atoms with Crippen molar-refractivity contribution < 1.29 is 14.6 Å². The summed E-state index contributed by atoms with van der Waals surface area (Å²) in [5.41, 5.74) is 3.92. The summed E-state index contributed by atoms with van der Waals surface area (Å²) in [4.78, 5) is 16.9. The van der Waals surface area contributed by atoms with Crippen LogP contribution in [0, 0.1) is 0 Å². The van der Waals surface area contributed by atoms with E-state index in [0.29, 0.717) is 13.2 Å². The van der Waals surface area contributed by atoms with Gasteiger partial charge in [0.1, 0.15) is 0 Å². The number of fused-ring (bicyclic) bond motifs is 3. The van der Waals surface area contributed by atoms with Gasteiger partial charge in [-0.25, -0.2) is 0 Å². The summed E-state index contributed by atoms with van der Waals surface area (Å²) in [6.45, 7) is 2.87. The molecule has 126 valence electrons. The molecule has 0 saturated carbocycles. The number of hydrogen-bond donors (Lipinski definition) is 1. The molecule has 1 fully saturated rings. The van der Waals surface area contributed by atoms with Crippen LogP contribution in [0.2, 0.25) is 0 Å². The number of aliphatic hydroxyl groups excluding tert-OH is 1. The van der Waals surface area contributed by atoms with E-state index in [4.69, 9.17) is 4.74 Å². The second-order valence-electron chi connectivity index (χ2n) is 6.57. The SMILES string of the molecule is CC1COC(CO)CN1C(=O)c1cc2c(s1)-c1ccccc1CC2. The molecule has 2 unspecified atom stereocenters. The lowest BCUT2D eigenvalue weighted by molar-refractivity contribution is -0.0666. The third-order valence-corrected chi connectivity index (χ3v) is 6.11. The summed E-state index contributed by atoms with van der Waals surface area (Å²) < 4.78 is 5.54. The van der Waals surface area contributed by atoms with Crippen LogP contribution in [0.1, 0.15) is 27.7 Å². The molecule has 24 heavy (non-hydrogen) atoms. The Morgan fingerprint density at radius 3 is 2.96 bits per heavy atom. The van der Waals surface area contributed by atoms with Gasteiger partial charge in [-0.15, -0.1) is 11.3 Å². The van der Waals surface area contributed by atoms with Gasteiger partial charge in [0.05, 0.1) is 30.2 Å². The number of ether oxygens (including phenoxy) is 1. The monoisotopic (exact) mass is 343 g/mol. The number of aliphatic hydroxyl groups is 1. The second kappa shape index (κ2) is 6.31. The predicted molar refractivity (Wildman–Crippen MR) is 94.5 cm³/mol. The maximum atomic E-state index is 13.0. The summed E-state index contributed by atoms with van der Waals surface area (Å²) in [5, 5.41) is 9.33. The molecule has 2 heterocycles. The summed E-state index contributed by atoms with van der Waals surface area (Å²) >= 11 is 1.60. The van der Waals surface area contributed by atoms with E-state index in [9.17, 15) is 9.90 Å². The van der Waals surface area contributed by atoms with E-state index in [1.54, 1.807) is 11.3 Å². The number of rotatable bonds is 2. The van der Waals surface area contributed by atoms with Crippen LogP contribution >= 0.6 is 11.3 Å². The molecule has 1 amide bonds. The van der Waals surface area contributed by atoms with Crippen molar-refractivity contribution in [1.82, 2.24) is 4.90 Å². The minimum atomic E-state index is -0.277. The molecule has 2 aromatic rings. The number of morpholine rings is 1. The topological polar surface area (TPSA) is 49.8 Å². The van der Waals surface area contributed by atoms with Crippen LogP contribution in [0.5, 0.6) is 0 Å². The fourth-order valence-electron chi connectivity index (χ4n) is 3.53. The van der Waals surface area contributed by atoms with Gasteiger partial charge in [0, 0.05) is 11.4 Å². The standard InChI is InChI=1S/C19H21NO3S/c1-12-11-23-15(10-21)9-20(12)19(22)17-8-14-7-6-13-4-2-3-5-16(13)18(14)24-17/h2-5,8,12,15,21H,6-7,9-11H2,1H3. The molecule has 5 heteroatoms. The molecule has 1 saturated heterocycles. The lowest BCUT2D eigenvalue weighted by Gasteiger charge is -2.37. The molecule has 0 bridgehead atoms. The van der Waals surface area contributed by atoms with Crippen LogP contribution in [-0.4, -0.2) is 47.8 Å². The Morgan fingerprint density at radius 1 is 1.33 bits per heavy atom. The fourth-order valence-corrected chi connectivity index (χ4v) is 4.76. The molecule has 1 aromatic heterocycles. The first-order valence-electron chi connectivity index (χ1n) is 8.41. The van der Waals surface area contributed by atoms with Crippen LogP contribution in [0.15, 0.2) is 30.3 Å². The Morgan fingerprint density at radius 2 is 2.12 bits per heavy atom.